The van der Waals surface area contributed by atoms with Gasteiger partial charge >= 0.3 is 0 Å². The van der Waals surface area contributed by atoms with Crippen molar-refractivity contribution < 1.29 is 4.74 Å². The summed E-state index contributed by atoms with van der Waals surface area (Å²) in [4.78, 5) is 4.57. The van der Waals surface area contributed by atoms with Gasteiger partial charge in [-0.3, -0.25) is 4.40 Å². The zero-order valence-electron chi connectivity index (χ0n) is 9.52. The van der Waals surface area contributed by atoms with E-state index in [1.807, 2.05) is 18.3 Å². The average molecular weight is 216 g/mol. The Kier molecular flexibility index (Phi) is 2.31. The minimum Gasteiger partial charge on any atom is -0.482 e. The summed E-state index contributed by atoms with van der Waals surface area (Å²) in [6.45, 7) is 0. The fourth-order valence-electron chi connectivity index (χ4n) is 2.67. The minimum absolute atomic E-state index is 0.610. The van der Waals surface area contributed by atoms with E-state index in [1.54, 1.807) is 7.11 Å². The zero-order valence-corrected chi connectivity index (χ0v) is 9.52. The normalized spacial score (nSPS) is 17.1. The fraction of sp³-hybridized carbons (Fsp3) is 0.462. The number of nitrogens with zero attached hydrogens (tertiary/aromatic N) is 2. The standard InChI is InChI=1S/C13H16N2O/c1-16-12-8-4-7-11-9-14-13(15(11)12)10-5-2-3-6-10/h4,7-10H,2-3,5-6H2,1H3. The molecule has 1 saturated carbocycles. The van der Waals surface area contributed by atoms with Crippen molar-refractivity contribution in [2.24, 2.45) is 0 Å². The summed E-state index contributed by atoms with van der Waals surface area (Å²) in [5, 5.41) is 0. The highest BCUT2D eigenvalue weighted by Crippen LogP contribution is 2.34. The van der Waals surface area contributed by atoms with Gasteiger partial charge in [0.1, 0.15) is 5.82 Å². The summed E-state index contributed by atoms with van der Waals surface area (Å²) >= 11 is 0. The number of aromatic nitrogens is 2. The minimum atomic E-state index is 0.610. The number of pyridine rings is 1. The second kappa shape index (κ2) is 3.81. The van der Waals surface area contributed by atoms with Crippen molar-refractivity contribution >= 4 is 5.52 Å². The molecule has 0 aliphatic heterocycles. The molecule has 3 rings (SSSR count). The van der Waals surface area contributed by atoms with E-state index in [2.05, 4.69) is 15.5 Å². The molecule has 0 saturated heterocycles. The van der Waals surface area contributed by atoms with Crippen molar-refractivity contribution in [2.75, 3.05) is 7.11 Å². The Balaban J connectivity index is 2.16. The Morgan fingerprint density at radius 2 is 2.12 bits per heavy atom. The highest BCUT2D eigenvalue weighted by molar-refractivity contribution is 5.49. The Morgan fingerprint density at radius 1 is 1.31 bits per heavy atom. The Morgan fingerprint density at radius 3 is 2.88 bits per heavy atom. The van der Waals surface area contributed by atoms with Crippen molar-refractivity contribution in [3.05, 3.63) is 30.2 Å². The Hall–Kier alpha value is -1.51. The first kappa shape index (κ1) is 9.70. The van der Waals surface area contributed by atoms with Crippen LogP contribution in [0.3, 0.4) is 0 Å². The molecule has 0 N–H and O–H groups in total. The van der Waals surface area contributed by atoms with Crippen LogP contribution in [-0.4, -0.2) is 16.5 Å². The summed E-state index contributed by atoms with van der Waals surface area (Å²) in [5.74, 6) is 2.67. The number of hydrogen-bond donors (Lipinski definition) is 0. The van der Waals surface area contributed by atoms with Crippen molar-refractivity contribution in [1.82, 2.24) is 9.38 Å². The van der Waals surface area contributed by atoms with Crippen LogP contribution in [0.4, 0.5) is 0 Å². The summed E-state index contributed by atoms with van der Waals surface area (Å²) in [5.41, 5.74) is 1.13. The number of ether oxygens (including phenoxy) is 1. The highest BCUT2D eigenvalue weighted by atomic mass is 16.5. The summed E-state index contributed by atoms with van der Waals surface area (Å²) in [6.07, 6.45) is 7.12. The van der Waals surface area contributed by atoms with Crippen molar-refractivity contribution in [3.8, 4) is 5.88 Å². The lowest BCUT2D eigenvalue weighted by Gasteiger charge is -2.11. The SMILES string of the molecule is COc1cccc2cnc(C3CCCC3)n12. The van der Waals surface area contributed by atoms with Gasteiger partial charge in [0.2, 0.25) is 0 Å². The van der Waals surface area contributed by atoms with Gasteiger partial charge in [-0.05, 0) is 25.0 Å². The number of imidazole rings is 1. The topological polar surface area (TPSA) is 26.5 Å². The van der Waals surface area contributed by atoms with Crippen LogP contribution in [-0.2, 0) is 0 Å². The molecule has 2 aromatic rings. The van der Waals surface area contributed by atoms with Gasteiger partial charge in [0.15, 0.2) is 5.88 Å². The molecule has 3 nitrogen and oxygen atoms in total. The number of rotatable bonds is 2. The van der Waals surface area contributed by atoms with E-state index >= 15 is 0 Å². The number of methoxy groups -OCH3 is 1. The van der Waals surface area contributed by atoms with E-state index in [0.29, 0.717) is 5.92 Å². The van der Waals surface area contributed by atoms with Crippen LogP contribution >= 0.6 is 0 Å². The monoisotopic (exact) mass is 216 g/mol. The molecule has 0 bridgehead atoms. The van der Waals surface area contributed by atoms with Gasteiger partial charge in [-0.2, -0.15) is 0 Å². The van der Waals surface area contributed by atoms with E-state index in [4.69, 9.17) is 4.74 Å². The third-order valence-corrected chi connectivity index (χ3v) is 3.47. The number of hydrogen-bond acceptors (Lipinski definition) is 2. The summed E-state index contributed by atoms with van der Waals surface area (Å²) in [7, 11) is 1.72. The zero-order chi connectivity index (χ0) is 11.0. The van der Waals surface area contributed by atoms with Crippen LogP contribution in [0.2, 0.25) is 0 Å². The first-order valence-corrected chi connectivity index (χ1v) is 5.90. The fourth-order valence-corrected chi connectivity index (χ4v) is 2.67. The molecule has 0 atom stereocenters. The molecule has 84 valence electrons. The molecule has 1 fully saturated rings. The molecular weight excluding hydrogens is 200 g/mol. The van der Waals surface area contributed by atoms with Gasteiger partial charge in [-0.25, -0.2) is 4.98 Å². The van der Waals surface area contributed by atoms with Crippen LogP contribution < -0.4 is 4.74 Å². The van der Waals surface area contributed by atoms with E-state index in [-0.39, 0.29) is 0 Å². The maximum atomic E-state index is 5.41. The molecular formula is C13H16N2O. The van der Waals surface area contributed by atoms with Crippen LogP contribution in [0.1, 0.15) is 37.4 Å². The second-order valence-corrected chi connectivity index (χ2v) is 4.43. The molecule has 2 aromatic heterocycles. The lowest BCUT2D eigenvalue weighted by molar-refractivity contribution is 0.388. The average Bonchev–Trinajstić information content (AvgIpc) is 2.96. The van der Waals surface area contributed by atoms with Gasteiger partial charge in [-0.15, -0.1) is 0 Å². The molecule has 16 heavy (non-hydrogen) atoms. The van der Waals surface area contributed by atoms with Crippen LogP contribution in [0.15, 0.2) is 24.4 Å². The van der Waals surface area contributed by atoms with E-state index in [9.17, 15) is 0 Å². The second-order valence-electron chi connectivity index (χ2n) is 4.43. The van der Waals surface area contributed by atoms with E-state index in [0.717, 1.165) is 11.4 Å². The molecule has 0 unspecified atom stereocenters. The van der Waals surface area contributed by atoms with Crippen molar-refractivity contribution in [1.29, 1.82) is 0 Å². The maximum Gasteiger partial charge on any atom is 0.199 e. The van der Waals surface area contributed by atoms with Crippen LogP contribution in [0.25, 0.3) is 5.52 Å². The third-order valence-electron chi connectivity index (χ3n) is 3.47. The maximum absolute atomic E-state index is 5.41. The van der Waals surface area contributed by atoms with Gasteiger partial charge in [0.05, 0.1) is 18.8 Å². The van der Waals surface area contributed by atoms with Crippen molar-refractivity contribution in [2.45, 2.75) is 31.6 Å². The van der Waals surface area contributed by atoms with Gasteiger partial charge < -0.3 is 4.74 Å². The largest absolute Gasteiger partial charge is 0.482 e. The summed E-state index contributed by atoms with van der Waals surface area (Å²) in [6, 6.07) is 6.08. The molecule has 0 aromatic carbocycles. The van der Waals surface area contributed by atoms with Gasteiger partial charge in [0, 0.05) is 5.92 Å². The van der Waals surface area contributed by atoms with E-state index in [1.165, 1.54) is 31.5 Å². The van der Waals surface area contributed by atoms with Gasteiger partial charge in [-0.1, -0.05) is 18.9 Å². The Labute approximate surface area is 95.1 Å². The molecule has 2 heterocycles. The van der Waals surface area contributed by atoms with Crippen molar-refractivity contribution in [3.63, 3.8) is 0 Å². The molecule has 1 aliphatic rings. The highest BCUT2D eigenvalue weighted by Gasteiger charge is 2.22. The first-order valence-electron chi connectivity index (χ1n) is 5.90. The Bertz CT molecular complexity index is 498. The summed E-state index contributed by atoms with van der Waals surface area (Å²) < 4.78 is 7.56. The van der Waals surface area contributed by atoms with Gasteiger partial charge in [0.25, 0.3) is 0 Å². The number of fused-ring (bicyclic) bond motifs is 1. The lowest BCUT2D eigenvalue weighted by Crippen LogP contribution is -2.03. The molecule has 0 spiro atoms. The first-order chi connectivity index (χ1) is 7.90. The molecule has 1 aliphatic carbocycles. The van der Waals surface area contributed by atoms with Crippen LogP contribution in [0.5, 0.6) is 5.88 Å². The lowest BCUT2D eigenvalue weighted by atomic mass is 10.1. The molecule has 0 radical (unpaired) electrons. The quantitative estimate of drug-likeness (QED) is 0.771. The predicted octanol–water partition coefficient (Wildman–Crippen LogP) is 3.00. The predicted molar refractivity (Wildman–Crippen MR) is 63.0 cm³/mol. The third kappa shape index (κ3) is 1.39. The molecule has 0 amide bonds. The molecule has 3 heteroatoms. The smallest absolute Gasteiger partial charge is 0.199 e. The van der Waals surface area contributed by atoms with E-state index < -0.39 is 0 Å². The van der Waals surface area contributed by atoms with Crippen LogP contribution in [0, 0.1) is 0 Å².